The van der Waals surface area contributed by atoms with Crippen molar-refractivity contribution in [3.63, 3.8) is 0 Å². The molecule has 6 heteroatoms. The molecule has 0 fully saturated rings. The summed E-state index contributed by atoms with van der Waals surface area (Å²) >= 11 is 0. The number of rotatable bonds is 47. The van der Waals surface area contributed by atoms with Crippen LogP contribution in [-0.2, 0) is 28.6 Å². The van der Waals surface area contributed by atoms with Gasteiger partial charge in [0.25, 0.3) is 0 Å². The highest BCUT2D eigenvalue weighted by atomic mass is 16.6. The second-order valence-electron chi connectivity index (χ2n) is 19.1. The second-order valence-corrected chi connectivity index (χ2v) is 19.1. The maximum atomic E-state index is 12.8. The lowest BCUT2D eigenvalue weighted by molar-refractivity contribution is -0.167. The van der Waals surface area contributed by atoms with E-state index in [0.29, 0.717) is 19.3 Å². The van der Waals surface area contributed by atoms with Crippen LogP contribution in [0.4, 0.5) is 0 Å². The van der Waals surface area contributed by atoms with Crippen LogP contribution in [0.25, 0.3) is 0 Å². The van der Waals surface area contributed by atoms with Gasteiger partial charge in [0, 0.05) is 19.3 Å². The van der Waals surface area contributed by atoms with Crippen LogP contribution in [0.5, 0.6) is 0 Å². The van der Waals surface area contributed by atoms with Crippen LogP contribution in [0.3, 0.4) is 0 Å². The minimum Gasteiger partial charge on any atom is -0.462 e. The van der Waals surface area contributed by atoms with Crippen LogP contribution in [0.2, 0.25) is 0 Å². The monoisotopic (exact) mass is 835 g/mol. The van der Waals surface area contributed by atoms with Crippen LogP contribution in [0, 0.1) is 11.8 Å². The van der Waals surface area contributed by atoms with E-state index < -0.39 is 6.10 Å². The first kappa shape index (κ1) is 57.4. The summed E-state index contributed by atoms with van der Waals surface area (Å²) in [5, 5.41) is 0. The van der Waals surface area contributed by atoms with Gasteiger partial charge in [0.1, 0.15) is 13.2 Å². The summed E-state index contributed by atoms with van der Waals surface area (Å²) in [5.41, 5.74) is 0. The second kappa shape index (κ2) is 45.9. The van der Waals surface area contributed by atoms with Gasteiger partial charge in [-0.2, -0.15) is 0 Å². The van der Waals surface area contributed by atoms with Crippen molar-refractivity contribution in [2.45, 2.75) is 298 Å². The van der Waals surface area contributed by atoms with Crippen molar-refractivity contribution in [2.24, 2.45) is 11.8 Å². The zero-order valence-electron chi connectivity index (χ0n) is 40.4. The summed E-state index contributed by atoms with van der Waals surface area (Å²) < 4.78 is 16.8. The molecule has 0 radical (unpaired) electrons. The van der Waals surface area contributed by atoms with Gasteiger partial charge in [0.05, 0.1) is 0 Å². The predicted molar refractivity (Wildman–Crippen MR) is 252 cm³/mol. The van der Waals surface area contributed by atoms with E-state index in [-0.39, 0.29) is 31.1 Å². The molecule has 6 nitrogen and oxygen atoms in total. The summed E-state index contributed by atoms with van der Waals surface area (Å²) in [6.07, 6.45) is 46.7. The SMILES string of the molecule is CCCCCCCCCCCCCC(=O)OC[C@@H](COC(=O)CCCCCCCCCCC(C)C)OC(=O)CCCCCCCCCCCCCCCCCCC(C)C. The molecule has 0 aliphatic heterocycles. The maximum absolute atomic E-state index is 12.8. The van der Waals surface area contributed by atoms with Crippen molar-refractivity contribution in [2.75, 3.05) is 13.2 Å². The first-order valence-corrected chi connectivity index (χ1v) is 26.2. The third-order valence-electron chi connectivity index (χ3n) is 12.0. The van der Waals surface area contributed by atoms with E-state index in [2.05, 4.69) is 34.6 Å². The summed E-state index contributed by atoms with van der Waals surface area (Å²) in [6.45, 7) is 11.4. The van der Waals surface area contributed by atoms with Crippen molar-refractivity contribution < 1.29 is 28.6 Å². The van der Waals surface area contributed by atoms with E-state index in [1.165, 1.54) is 180 Å². The molecule has 1 atom stereocenters. The normalized spacial score (nSPS) is 12.1. The first-order chi connectivity index (χ1) is 28.7. The lowest BCUT2D eigenvalue weighted by atomic mass is 10.0. The number of unbranched alkanes of at least 4 members (excludes halogenated alkanes) is 32. The molecule has 0 aromatic carbocycles. The van der Waals surface area contributed by atoms with Crippen LogP contribution in [0.1, 0.15) is 291 Å². The molecule has 0 saturated carbocycles. The van der Waals surface area contributed by atoms with E-state index in [0.717, 1.165) is 69.6 Å². The molecule has 0 bridgehead atoms. The standard InChI is InChI=1S/C53H102O6/c1-6-7-8-9-10-11-18-22-28-33-38-43-51(54)57-46-50(47-58-52(55)44-39-34-29-25-24-27-32-37-42-49(4)5)59-53(56)45-40-35-30-23-20-17-15-13-12-14-16-19-21-26-31-36-41-48(2)3/h48-50H,6-47H2,1-5H3/t50-/m0/s1. The average molecular weight is 835 g/mol. The topological polar surface area (TPSA) is 78.9 Å². The number of ether oxygens (including phenoxy) is 3. The molecule has 0 spiro atoms. The molecule has 59 heavy (non-hydrogen) atoms. The minimum absolute atomic E-state index is 0.0639. The predicted octanol–water partition coefficient (Wildman–Crippen LogP) is 16.9. The zero-order valence-corrected chi connectivity index (χ0v) is 40.4. The lowest BCUT2D eigenvalue weighted by Gasteiger charge is -2.18. The van der Waals surface area contributed by atoms with Gasteiger partial charge < -0.3 is 14.2 Å². The van der Waals surface area contributed by atoms with E-state index in [1.54, 1.807) is 0 Å². The van der Waals surface area contributed by atoms with Gasteiger partial charge in [-0.05, 0) is 31.1 Å². The molecule has 0 aliphatic rings. The molecule has 0 heterocycles. The van der Waals surface area contributed by atoms with Crippen molar-refractivity contribution in [3.05, 3.63) is 0 Å². The van der Waals surface area contributed by atoms with Crippen LogP contribution >= 0.6 is 0 Å². The summed E-state index contributed by atoms with van der Waals surface area (Å²) in [6, 6.07) is 0. The zero-order chi connectivity index (χ0) is 43.3. The van der Waals surface area contributed by atoms with Gasteiger partial charge in [0.15, 0.2) is 6.10 Å². The molecule has 0 unspecified atom stereocenters. The summed E-state index contributed by atoms with van der Waals surface area (Å²) in [4.78, 5) is 37.9. The number of hydrogen-bond acceptors (Lipinski definition) is 6. The first-order valence-electron chi connectivity index (χ1n) is 26.2. The Labute approximate surface area is 368 Å². The fourth-order valence-electron chi connectivity index (χ4n) is 7.99. The van der Waals surface area contributed by atoms with Gasteiger partial charge >= 0.3 is 17.9 Å². The maximum Gasteiger partial charge on any atom is 0.306 e. The molecule has 0 rings (SSSR count). The molecular formula is C53H102O6. The smallest absolute Gasteiger partial charge is 0.306 e. The molecular weight excluding hydrogens is 733 g/mol. The Balaban J connectivity index is 4.26. The van der Waals surface area contributed by atoms with E-state index in [1.807, 2.05) is 0 Å². The quantitative estimate of drug-likeness (QED) is 0.0345. The molecule has 0 aromatic heterocycles. The fraction of sp³-hybridized carbons (Fsp3) is 0.943. The lowest BCUT2D eigenvalue weighted by Crippen LogP contribution is -2.30. The molecule has 0 N–H and O–H groups in total. The highest BCUT2D eigenvalue weighted by molar-refractivity contribution is 5.71. The molecule has 0 aliphatic carbocycles. The van der Waals surface area contributed by atoms with Crippen molar-refractivity contribution in [1.82, 2.24) is 0 Å². The molecule has 350 valence electrons. The van der Waals surface area contributed by atoms with Gasteiger partial charge in [-0.3, -0.25) is 14.4 Å². The average Bonchev–Trinajstić information content (AvgIpc) is 3.20. The highest BCUT2D eigenvalue weighted by Gasteiger charge is 2.19. The van der Waals surface area contributed by atoms with Crippen LogP contribution in [-0.4, -0.2) is 37.2 Å². The van der Waals surface area contributed by atoms with Crippen molar-refractivity contribution in [1.29, 1.82) is 0 Å². The Kier molecular flexibility index (Phi) is 44.7. The van der Waals surface area contributed by atoms with Gasteiger partial charge in [-0.25, -0.2) is 0 Å². The molecule has 0 saturated heterocycles. The van der Waals surface area contributed by atoms with Crippen LogP contribution < -0.4 is 0 Å². The van der Waals surface area contributed by atoms with E-state index in [9.17, 15) is 14.4 Å². The Hall–Kier alpha value is -1.59. The van der Waals surface area contributed by atoms with Gasteiger partial charge in [-0.15, -0.1) is 0 Å². The number of carbonyl (C=O) groups excluding carboxylic acids is 3. The Bertz CT molecular complexity index is 900. The van der Waals surface area contributed by atoms with Gasteiger partial charge in [-0.1, -0.05) is 253 Å². The van der Waals surface area contributed by atoms with Crippen LogP contribution in [0.15, 0.2) is 0 Å². The van der Waals surface area contributed by atoms with E-state index in [4.69, 9.17) is 14.2 Å². The molecule has 0 aromatic rings. The Morgan fingerprint density at radius 3 is 0.831 bits per heavy atom. The van der Waals surface area contributed by atoms with Gasteiger partial charge in [0.2, 0.25) is 0 Å². The Morgan fingerprint density at radius 2 is 0.559 bits per heavy atom. The third kappa shape index (κ3) is 47.3. The van der Waals surface area contributed by atoms with Crippen molar-refractivity contribution >= 4 is 17.9 Å². The Morgan fingerprint density at radius 1 is 0.322 bits per heavy atom. The largest absolute Gasteiger partial charge is 0.462 e. The van der Waals surface area contributed by atoms with Crippen molar-refractivity contribution in [3.8, 4) is 0 Å². The van der Waals surface area contributed by atoms with E-state index >= 15 is 0 Å². The number of carbonyl (C=O) groups is 3. The third-order valence-corrected chi connectivity index (χ3v) is 12.0. The summed E-state index contributed by atoms with van der Waals surface area (Å²) in [5.74, 6) is 0.799. The number of esters is 3. The molecule has 0 amide bonds. The number of hydrogen-bond donors (Lipinski definition) is 0. The fourth-order valence-corrected chi connectivity index (χ4v) is 7.99. The minimum atomic E-state index is -0.761. The summed E-state index contributed by atoms with van der Waals surface area (Å²) in [7, 11) is 0. The highest BCUT2D eigenvalue weighted by Crippen LogP contribution is 2.17.